The number of aryl methyl sites for hydroxylation is 1. The first-order valence-electron chi connectivity index (χ1n) is 9.80. The third kappa shape index (κ3) is 3.44. The lowest BCUT2D eigenvalue weighted by Crippen LogP contribution is -2.57. The van der Waals surface area contributed by atoms with Crippen molar-refractivity contribution in [2.24, 2.45) is 22.7 Å². The van der Waals surface area contributed by atoms with E-state index in [9.17, 15) is 14.7 Å². The Bertz CT molecular complexity index is 734. The van der Waals surface area contributed by atoms with Crippen molar-refractivity contribution in [1.29, 1.82) is 0 Å². The average Bonchev–Trinajstić information content (AvgIpc) is 3.10. The second kappa shape index (κ2) is 7.17. The molecule has 1 aromatic heterocycles. The van der Waals surface area contributed by atoms with Crippen LogP contribution in [-0.4, -0.2) is 23.1 Å². The van der Waals surface area contributed by atoms with E-state index < -0.39 is 11.4 Å². The number of aliphatic carboxylic acids is 1. The Morgan fingerprint density at radius 2 is 2.11 bits per heavy atom. The molecule has 1 saturated carbocycles. The van der Waals surface area contributed by atoms with Crippen molar-refractivity contribution in [3.63, 3.8) is 0 Å². The molecule has 0 saturated heterocycles. The van der Waals surface area contributed by atoms with E-state index >= 15 is 0 Å². The molecule has 2 aliphatic rings. The van der Waals surface area contributed by atoms with Crippen LogP contribution in [-0.2, 0) is 20.7 Å². The third-order valence-electron chi connectivity index (χ3n) is 7.29. The molecule has 0 spiro atoms. The van der Waals surface area contributed by atoms with Gasteiger partial charge >= 0.3 is 11.9 Å². The Hall–Kier alpha value is -2.04. The summed E-state index contributed by atoms with van der Waals surface area (Å²) in [6.07, 6.45) is 9.12. The van der Waals surface area contributed by atoms with Gasteiger partial charge < -0.3 is 14.3 Å². The number of carboxylic acid groups (broad SMARTS) is 1. The zero-order valence-electron chi connectivity index (χ0n) is 16.7. The summed E-state index contributed by atoms with van der Waals surface area (Å²) in [6, 6.07) is 1.98. The van der Waals surface area contributed by atoms with Gasteiger partial charge in [-0.05, 0) is 61.0 Å². The van der Waals surface area contributed by atoms with Crippen LogP contribution in [0, 0.1) is 22.7 Å². The molecule has 0 bridgehead atoms. The largest absolute Gasteiger partial charge is 0.478 e. The van der Waals surface area contributed by atoms with Crippen LogP contribution in [0.2, 0.25) is 0 Å². The Kier molecular flexibility index (Phi) is 5.24. The van der Waals surface area contributed by atoms with Crippen LogP contribution in [0.5, 0.6) is 0 Å². The van der Waals surface area contributed by atoms with Gasteiger partial charge in [0, 0.05) is 17.9 Å². The van der Waals surface area contributed by atoms with Crippen LogP contribution in [0.3, 0.4) is 0 Å². The maximum absolute atomic E-state index is 12.0. The second-order valence-electron chi connectivity index (χ2n) is 8.75. The molecule has 5 atom stereocenters. The molecule has 3 rings (SSSR count). The van der Waals surface area contributed by atoms with Crippen molar-refractivity contribution in [2.75, 3.05) is 0 Å². The lowest BCUT2D eigenvalue weighted by atomic mass is 9.46. The highest BCUT2D eigenvalue weighted by atomic mass is 16.5. The molecular weight excluding hydrogens is 344 g/mol. The molecule has 2 aliphatic carbocycles. The van der Waals surface area contributed by atoms with E-state index in [4.69, 9.17) is 9.15 Å². The number of allylic oxidation sites excluding steroid dienone is 1. The minimum atomic E-state index is -0.851. The first-order chi connectivity index (χ1) is 12.7. The number of furan rings is 1. The molecule has 1 fully saturated rings. The molecular formula is C22H30O5. The SMILES string of the molecule is CC(=O)O[C@H]1C[C@]2(C)C(C(=O)O)=CCC[C@H]2[C@](C)(CCc2ccoc2)[C@H]1C. The molecule has 1 N–H and O–H groups in total. The number of fused-ring (bicyclic) bond motifs is 1. The van der Waals surface area contributed by atoms with Gasteiger partial charge in [-0.25, -0.2) is 4.79 Å². The minimum Gasteiger partial charge on any atom is -0.478 e. The fourth-order valence-corrected chi connectivity index (χ4v) is 5.72. The smallest absolute Gasteiger partial charge is 0.331 e. The predicted molar refractivity (Wildman–Crippen MR) is 101 cm³/mol. The van der Waals surface area contributed by atoms with Gasteiger partial charge in [0.2, 0.25) is 0 Å². The van der Waals surface area contributed by atoms with Gasteiger partial charge in [-0.15, -0.1) is 0 Å². The number of hydrogen-bond acceptors (Lipinski definition) is 4. The number of carbonyl (C=O) groups excluding carboxylic acids is 1. The summed E-state index contributed by atoms with van der Waals surface area (Å²) in [7, 11) is 0. The minimum absolute atomic E-state index is 0.140. The first kappa shape index (κ1) is 19.7. The molecule has 1 heterocycles. The van der Waals surface area contributed by atoms with Gasteiger partial charge in [0.25, 0.3) is 0 Å². The normalized spacial score (nSPS) is 35.9. The molecule has 0 aromatic carbocycles. The number of hydrogen-bond donors (Lipinski definition) is 1. The average molecular weight is 374 g/mol. The molecule has 148 valence electrons. The van der Waals surface area contributed by atoms with Crippen LogP contribution in [0.4, 0.5) is 0 Å². The fraction of sp³-hybridized carbons (Fsp3) is 0.636. The van der Waals surface area contributed by atoms with Crippen LogP contribution in [0.1, 0.15) is 58.9 Å². The molecule has 0 aliphatic heterocycles. The number of carbonyl (C=O) groups is 2. The maximum atomic E-state index is 12.0. The summed E-state index contributed by atoms with van der Waals surface area (Å²) in [5.41, 5.74) is 0.989. The van der Waals surface area contributed by atoms with Gasteiger partial charge in [0.15, 0.2) is 0 Å². The topological polar surface area (TPSA) is 76.7 Å². The van der Waals surface area contributed by atoms with Crippen molar-refractivity contribution in [3.8, 4) is 0 Å². The Morgan fingerprint density at radius 3 is 2.70 bits per heavy atom. The Balaban J connectivity index is 1.99. The highest BCUT2D eigenvalue weighted by molar-refractivity contribution is 5.88. The van der Waals surface area contributed by atoms with Gasteiger partial charge in [-0.1, -0.05) is 26.8 Å². The lowest BCUT2D eigenvalue weighted by molar-refractivity contribution is -0.171. The summed E-state index contributed by atoms with van der Waals surface area (Å²) < 4.78 is 10.9. The molecule has 1 aromatic rings. The highest BCUT2D eigenvalue weighted by Crippen LogP contribution is 2.62. The Labute approximate surface area is 160 Å². The Morgan fingerprint density at radius 1 is 1.37 bits per heavy atom. The van der Waals surface area contributed by atoms with E-state index in [0.29, 0.717) is 12.0 Å². The van der Waals surface area contributed by atoms with Crippen LogP contribution >= 0.6 is 0 Å². The van der Waals surface area contributed by atoms with Crippen molar-refractivity contribution < 1.29 is 23.8 Å². The maximum Gasteiger partial charge on any atom is 0.331 e. The number of esters is 1. The van der Waals surface area contributed by atoms with Gasteiger partial charge in [0.05, 0.1) is 12.5 Å². The second-order valence-corrected chi connectivity index (χ2v) is 8.75. The standard InChI is InChI=1S/C22H30O5/c1-14-18(27-15(2)23)12-22(4)17(20(24)25)6-5-7-19(22)21(14,3)10-8-16-9-11-26-13-16/h6,9,11,13-14,18-19H,5,7-8,10,12H2,1-4H3,(H,24,25)/t14-,18-,19-,21+,22+/m0/s1. The predicted octanol–water partition coefficient (Wildman–Crippen LogP) is 4.62. The zero-order chi connectivity index (χ0) is 19.8. The number of ether oxygens (including phenoxy) is 1. The number of rotatable bonds is 5. The first-order valence-corrected chi connectivity index (χ1v) is 9.80. The lowest BCUT2D eigenvalue weighted by Gasteiger charge is -2.59. The van der Waals surface area contributed by atoms with Crippen molar-refractivity contribution >= 4 is 11.9 Å². The zero-order valence-corrected chi connectivity index (χ0v) is 16.7. The summed E-state index contributed by atoms with van der Waals surface area (Å²) in [6.45, 7) is 7.89. The van der Waals surface area contributed by atoms with E-state index in [1.54, 1.807) is 12.5 Å². The quantitative estimate of drug-likeness (QED) is 0.761. The summed E-state index contributed by atoms with van der Waals surface area (Å²) in [4.78, 5) is 23.7. The van der Waals surface area contributed by atoms with Crippen LogP contribution < -0.4 is 0 Å². The fourth-order valence-electron chi connectivity index (χ4n) is 5.72. The monoisotopic (exact) mass is 374 g/mol. The van der Waals surface area contributed by atoms with E-state index in [-0.39, 0.29) is 29.3 Å². The van der Waals surface area contributed by atoms with E-state index in [2.05, 4.69) is 20.8 Å². The van der Waals surface area contributed by atoms with Crippen molar-refractivity contribution in [1.82, 2.24) is 0 Å². The molecule has 0 amide bonds. The van der Waals surface area contributed by atoms with Crippen LogP contribution in [0.15, 0.2) is 34.7 Å². The molecule has 0 unspecified atom stereocenters. The van der Waals surface area contributed by atoms with E-state index in [0.717, 1.165) is 31.2 Å². The van der Waals surface area contributed by atoms with Crippen LogP contribution in [0.25, 0.3) is 0 Å². The molecule has 0 radical (unpaired) electrons. The summed E-state index contributed by atoms with van der Waals surface area (Å²) >= 11 is 0. The molecule has 27 heavy (non-hydrogen) atoms. The van der Waals surface area contributed by atoms with Crippen molar-refractivity contribution in [2.45, 2.75) is 65.9 Å². The highest BCUT2D eigenvalue weighted by Gasteiger charge is 2.59. The van der Waals surface area contributed by atoms with Gasteiger partial charge in [0.1, 0.15) is 6.10 Å². The van der Waals surface area contributed by atoms with E-state index in [1.807, 2.05) is 12.1 Å². The molecule has 5 heteroatoms. The number of carboxylic acids is 1. The van der Waals surface area contributed by atoms with Gasteiger partial charge in [-0.2, -0.15) is 0 Å². The third-order valence-corrected chi connectivity index (χ3v) is 7.29. The van der Waals surface area contributed by atoms with E-state index in [1.165, 1.54) is 6.92 Å². The molecule has 5 nitrogen and oxygen atoms in total. The summed E-state index contributed by atoms with van der Waals surface area (Å²) in [5.74, 6) is -0.771. The summed E-state index contributed by atoms with van der Waals surface area (Å²) in [5, 5.41) is 9.84. The van der Waals surface area contributed by atoms with Gasteiger partial charge in [-0.3, -0.25) is 4.79 Å². The van der Waals surface area contributed by atoms with Crippen molar-refractivity contribution in [3.05, 3.63) is 35.8 Å².